The molecule has 2 aliphatic heterocycles. The second kappa shape index (κ2) is 11.6. The molecule has 0 bridgehead atoms. The van der Waals surface area contributed by atoms with Crippen LogP contribution in [0.5, 0.6) is 5.88 Å². The summed E-state index contributed by atoms with van der Waals surface area (Å²) < 4.78 is 16.5. The van der Waals surface area contributed by atoms with E-state index in [1.165, 1.54) is 16.7 Å². The van der Waals surface area contributed by atoms with E-state index in [2.05, 4.69) is 25.9 Å². The average Bonchev–Trinajstić information content (AvgIpc) is 3.30. The SMILES string of the molecule is COc1ccc2nccc(CC(C)(NCC3CN(c4ccc5c(c4)NC(=O)CS5)C(=O)O3)NC(=O)OC(C)(C)C)c2n1. The highest BCUT2D eigenvalue weighted by Crippen LogP contribution is 2.35. The molecule has 12 nitrogen and oxygen atoms in total. The zero-order valence-electron chi connectivity index (χ0n) is 24.1. The molecular weight excluding hydrogens is 560 g/mol. The van der Waals surface area contributed by atoms with Gasteiger partial charge in [0, 0.05) is 35.8 Å². The summed E-state index contributed by atoms with van der Waals surface area (Å²) >= 11 is 1.45. The van der Waals surface area contributed by atoms with E-state index in [0.717, 1.165) is 10.5 Å². The molecule has 42 heavy (non-hydrogen) atoms. The summed E-state index contributed by atoms with van der Waals surface area (Å²) in [6, 6.07) is 10.9. The van der Waals surface area contributed by atoms with E-state index in [1.54, 1.807) is 46.2 Å². The van der Waals surface area contributed by atoms with Crippen LogP contribution in [-0.2, 0) is 20.7 Å². The van der Waals surface area contributed by atoms with E-state index in [1.807, 2.05) is 31.2 Å². The minimum absolute atomic E-state index is 0.0804. The summed E-state index contributed by atoms with van der Waals surface area (Å²) in [5.74, 6) is 0.730. The molecule has 0 saturated carbocycles. The molecule has 13 heteroatoms. The van der Waals surface area contributed by atoms with Gasteiger partial charge in [-0.1, -0.05) is 0 Å². The number of hydrogen-bond acceptors (Lipinski definition) is 10. The molecule has 222 valence electrons. The van der Waals surface area contributed by atoms with E-state index >= 15 is 0 Å². The lowest BCUT2D eigenvalue weighted by molar-refractivity contribution is -0.113. The normalized spacial score (nSPS) is 18.1. The van der Waals surface area contributed by atoms with Crippen LogP contribution in [0.2, 0.25) is 0 Å². The number of methoxy groups -OCH3 is 1. The minimum atomic E-state index is -1.02. The molecule has 2 aromatic heterocycles. The summed E-state index contributed by atoms with van der Waals surface area (Å²) in [5.41, 5.74) is 1.74. The zero-order valence-corrected chi connectivity index (χ0v) is 25.0. The molecule has 2 atom stereocenters. The molecule has 3 aromatic rings. The first-order valence-electron chi connectivity index (χ1n) is 13.5. The highest BCUT2D eigenvalue weighted by atomic mass is 32.2. The first-order chi connectivity index (χ1) is 19.9. The molecule has 4 heterocycles. The van der Waals surface area contributed by atoms with Gasteiger partial charge in [-0.3, -0.25) is 20.0 Å². The Morgan fingerprint density at radius 2 is 2.00 bits per heavy atom. The second-order valence-electron chi connectivity index (χ2n) is 11.3. The number of alkyl carbamates (subject to hydrolysis) is 1. The highest BCUT2D eigenvalue weighted by Gasteiger charge is 2.36. The van der Waals surface area contributed by atoms with Crippen molar-refractivity contribution in [1.82, 2.24) is 20.6 Å². The van der Waals surface area contributed by atoms with E-state index in [9.17, 15) is 14.4 Å². The summed E-state index contributed by atoms with van der Waals surface area (Å²) in [5, 5.41) is 9.20. The van der Waals surface area contributed by atoms with E-state index in [4.69, 9.17) is 14.2 Å². The largest absolute Gasteiger partial charge is 0.481 e. The van der Waals surface area contributed by atoms with E-state index in [0.29, 0.717) is 40.5 Å². The van der Waals surface area contributed by atoms with Crippen LogP contribution in [0.25, 0.3) is 11.0 Å². The number of aromatic nitrogens is 2. The van der Waals surface area contributed by atoms with Crippen molar-refractivity contribution >= 4 is 52.3 Å². The van der Waals surface area contributed by atoms with Crippen LogP contribution < -0.4 is 25.6 Å². The standard InChI is InChI=1S/C29H34N6O6S/c1-28(2,3)41-26(37)34-29(4,13-17-10-11-30-20-7-9-24(39-5)33-25(17)20)31-14-19-15-35(27(38)40-19)18-6-8-22-21(12-18)32-23(36)16-42-22/h6-12,19,31H,13-16H2,1-5H3,(H,32,36)(H,34,37). The molecule has 1 saturated heterocycles. The number of rotatable bonds is 8. The summed E-state index contributed by atoms with van der Waals surface area (Å²) in [6.07, 6.45) is 0.410. The topological polar surface area (TPSA) is 144 Å². The van der Waals surface area contributed by atoms with Gasteiger partial charge in [0.25, 0.3) is 0 Å². The maximum Gasteiger partial charge on any atom is 0.414 e. The predicted molar refractivity (Wildman–Crippen MR) is 159 cm³/mol. The number of carbonyl (C=O) groups is 3. The summed E-state index contributed by atoms with van der Waals surface area (Å²) in [7, 11) is 1.55. The van der Waals surface area contributed by atoms with Crippen LogP contribution in [0.4, 0.5) is 21.0 Å². The monoisotopic (exact) mass is 594 g/mol. The number of nitrogens with zero attached hydrogens (tertiary/aromatic N) is 3. The van der Waals surface area contributed by atoms with Crippen molar-refractivity contribution in [3.8, 4) is 5.88 Å². The van der Waals surface area contributed by atoms with E-state index < -0.39 is 29.6 Å². The summed E-state index contributed by atoms with van der Waals surface area (Å²) in [4.78, 5) is 49.1. The van der Waals surface area contributed by atoms with Crippen LogP contribution in [0, 0.1) is 0 Å². The number of nitrogens with one attached hydrogen (secondary N) is 3. The molecule has 1 fully saturated rings. The van der Waals surface area contributed by atoms with Crippen LogP contribution >= 0.6 is 11.8 Å². The van der Waals surface area contributed by atoms with Crippen LogP contribution in [0.15, 0.2) is 47.5 Å². The fourth-order valence-electron chi connectivity index (χ4n) is 4.79. The molecule has 3 N–H and O–H groups in total. The summed E-state index contributed by atoms with van der Waals surface area (Å²) in [6.45, 7) is 7.74. The van der Waals surface area contributed by atoms with Crippen LogP contribution in [0.3, 0.4) is 0 Å². The third kappa shape index (κ3) is 6.85. The molecule has 2 unspecified atom stereocenters. The third-order valence-corrected chi connectivity index (χ3v) is 7.75. The minimum Gasteiger partial charge on any atom is -0.481 e. The number of pyridine rings is 2. The predicted octanol–water partition coefficient (Wildman–Crippen LogP) is 4.08. The third-order valence-electron chi connectivity index (χ3n) is 6.67. The van der Waals surface area contributed by atoms with Gasteiger partial charge in [-0.05, 0) is 63.6 Å². The zero-order chi connectivity index (χ0) is 30.1. The Hall–Kier alpha value is -4.10. The lowest BCUT2D eigenvalue weighted by Crippen LogP contribution is -2.60. The average molecular weight is 595 g/mol. The van der Waals surface area contributed by atoms with Gasteiger partial charge in [0.15, 0.2) is 0 Å². The Morgan fingerprint density at radius 1 is 1.19 bits per heavy atom. The molecule has 3 amide bonds. The van der Waals surface area contributed by atoms with Crippen LogP contribution in [0.1, 0.15) is 33.3 Å². The smallest absolute Gasteiger partial charge is 0.414 e. The fourth-order valence-corrected chi connectivity index (χ4v) is 5.58. The number of anilines is 2. The Labute approximate surface area is 247 Å². The van der Waals surface area contributed by atoms with Crippen molar-refractivity contribution in [1.29, 1.82) is 0 Å². The van der Waals surface area contributed by atoms with Crippen molar-refractivity contribution in [2.24, 2.45) is 0 Å². The van der Waals surface area contributed by atoms with E-state index in [-0.39, 0.29) is 19.0 Å². The molecule has 0 aliphatic carbocycles. The van der Waals surface area contributed by atoms with Gasteiger partial charge in [-0.15, -0.1) is 11.8 Å². The maximum atomic E-state index is 12.9. The highest BCUT2D eigenvalue weighted by molar-refractivity contribution is 8.00. The Balaban J connectivity index is 1.34. The number of carbonyl (C=O) groups excluding carboxylic acids is 3. The van der Waals surface area contributed by atoms with Crippen molar-refractivity contribution in [2.45, 2.75) is 56.4 Å². The van der Waals surface area contributed by atoms with Gasteiger partial charge in [0.2, 0.25) is 11.8 Å². The Bertz CT molecular complexity index is 1530. The Kier molecular flexibility index (Phi) is 8.15. The van der Waals surface area contributed by atoms with Crippen molar-refractivity contribution in [3.05, 3.63) is 48.2 Å². The van der Waals surface area contributed by atoms with Gasteiger partial charge >= 0.3 is 12.2 Å². The first kappa shape index (κ1) is 29.4. The van der Waals surface area contributed by atoms with Crippen molar-refractivity contribution in [2.75, 3.05) is 36.2 Å². The second-order valence-corrected chi connectivity index (χ2v) is 12.4. The molecule has 5 rings (SSSR count). The number of thioether (sulfide) groups is 1. The lowest BCUT2D eigenvalue weighted by atomic mass is 10.00. The molecular formula is C29H34N6O6S. The number of hydrogen-bond donors (Lipinski definition) is 3. The number of fused-ring (bicyclic) bond motifs is 2. The maximum absolute atomic E-state index is 12.9. The Morgan fingerprint density at radius 3 is 2.76 bits per heavy atom. The van der Waals surface area contributed by atoms with Gasteiger partial charge in [-0.2, -0.15) is 0 Å². The van der Waals surface area contributed by atoms with Gasteiger partial charge in [0.05, 0.1) is 41.8 Å². The number of benzene rings is 1. The van der Waals surface area contributed by atoms with Crippen molar-refractivity contribution < 1.29 is 28.6 Å². The lowest BCUT2D eigenvalue weighted by Gasteiger charge is -2.34. The fraction of sp³-hybridized carbons (Fsp3) is 0.414. The van der Waals surface area contributed by atoms with Gasteiger partial charge in [0.1, 0.15) is 11.7 Å². The van der Waals surface area contributed by atoms with Gasteiger partial charge in [-0.25, -0.2) is 14.6 Å². The molecule has 2 aliphatic rings. The molecule has 0 radical (unpaired) electrons. The number of cyclic esters (lactones) is 1. The number of amides is 3. The first-order valence-corrected chi connectivity index (χ1v) is 14.5. The van der Waals surface area contributed by atoms with Crippen LogP contribution in [-0.4, -0.2) is 71.4 Å². The molecule has 0 spiro atoms. The van der Waals surface area contributed by atoms with Gasteiger partial charge < -0.3 is 24.8 Å². The van der Waals surface area contributed by atoms with Crippen molar-refractivity contribution in [3.63, 3.8) is 0 Å². The molecule has 1 aromatic carbocycles. The number of ether oxygens (including phenoxy) is 3. The quantitative estimate of drug-likeness (QED) is 0.326.